The Kier molecular flexibility index (Phi) is 3.85. The standard InChI is InChI=1S/C16H22N4/c1-13-5-3-4-6-16(13)20-15(7-8-18-20)12-19-10-9-17-14(2)11-19/h3-8,14,17H,9-12H2,1-2H3/t14-/m0/s1. The van der Waals surface area contributed by atoms with Crippen LogP contribution in [0.3, 0.4) is 0 Å². The fraction of sp³-hybridized carbons (Fsp3) is 0.438. The van der Waals surface area contributed by atoms with Crippen molar-refractivity contribution in [2.75, 3.05) is 19.6 Å². The number of rotatable bonds is 3. The first-order chi connectivity index (χ1) is 9.74. The van der Waals surface area contributed by atoms with Gasteiger partial charge < -0.3 is 5.32 Å². The summed E-state index contributed by atoms with van der Waals surface area (Å²) in [6, 6.07) is 11.1. The summed E-state index contributed by atoms with van der Waals surface area (Å²) in [5.74, 6) is 0. The fourth-order valence-electron chi connectivity index (χ4n) is 2.85. The van der Waals surface area contributed by atoms with Crippen LogP contribution in [0.5, 0.6) is 0 Å². The van der Waals surface area contributed by atoms with Gasteiger partial charge in [0.15, 0.2) is 0 Å². The summed E-state index contributed by atoms with van der Waals surface area (Å²) in [6.07, 6.45) is 1.90. The molecule has 3 rings (SSSR count). The smallest absolute Gasteiger partial charge is 0.0678 e. The number of aryl methyl sites for hydroxylation is 1. The third-order valence-corrected chi connectivity index (χ3v) is 3.90. The van der Waals surface area contributed by atoms with E-state index >= 15 is 0 Å². The molecule has 1 saturated heterocycles. The van der Waals surface area contributed by atoms with Crippen LogP contribution in [0, 0.1) is 6.92 Å². The number of nitrogens with one attached hydrogen (secondary N) is 1. The first-order valence-electron chi connectivity index (χ1n) is 7.28. The molecular weight excluding hydrogens is 248 g/mol. The van der Waals surface area contributed by atoms with E-state index in [1.54, 1.807) is 0 Å². The summed E-state index contributed by atoms with van der Waals surface area (Å²) in [5.41, 5.74) is 3.69. The van der Waals surface area contributed by atoms with Crippen LogP contribution in [0.15, 0.2) is 36.5 Å². The molecule has 106 valence electrons. The van der Waals surface area contributed by atoms with Gasteiger partial charge in [0, 0.05) is 38.4 Å². The Morgan fingerprint density at radius 1 is 1.30 bits per heavy atom. The zero-order valence-electron chi connectivity index (χ0n) is 12.2. The Morgan fingerprint density at radius 2 is 2.15 bits per heavy atom. The predicted molar refractivity (Wildman–Crippen MR) is 81.0 cm³/mol. The minimum atomic E-state index is 0.568. The summed E-state index contributed by atoms with van der Waals surface area (Å²) < 4.78 is 2.07. The van der Waals surface area contributed by atoms with Crippen molar-refractivity contribution in [3.63, 3.8) is 0 Å². The zero-order valence-corrected chi connectivity index (χ0v) is 12.2. The lowest BCUT2D eigenvalue weighted by Crippen LogP contribution is -2.48. The lowest BCUT2D eigenvalue weighted by Gasteiger charge is -2.31. The molecule has 0 radical (unpaired) electrons. The molecule has 0 aliphatic carbocycles. The van der Waals surface area contributed by atoms with Crippen LogP contribution in [0.1, 0.15) is 18.2 Å². The van der Waals surface area contributed by atoms with E-state index < -0.39 is 0 Å². The lowest BCUT2D eigenvalue weighted by atomic mass is 10.2. The Labute approximate surface area is 120 Å². The van der Waals surface area contributed by atoms with Crippen LogP contribution in [0.4, 0.5) is 0 Å². The first kappa shape index (κ1) is 13.3. The number of hydrogen-bond donors (Lipinski definition) is 1. The van der Waals surface area contributed by atoms with E-state index in [2.05, 4.69) is 64.2 Å². The number of benzene rings is 1. The average Bonchev–Trinajstić information content (AvgIpc) is 2.87. The largest absolute Gasteiger partial charge is 0.312 e. The molecule has 0 spiro atoms. The molecule has 1 atom stereocenters. The average molecular weight is 270 g/mol. The number of para-hydroxylation sites is 1. The van der Waals surface area contributed by atoms with Gasteiger partial charge in [-0.05, 0) is 31.5 Å². The second-order valence-electron chi connectivity index (χ2n) is 5.61. The van der Waals surface area contributed by atoms with Gasteiger partial charge in [-0.15, -0.1) is 0 Å². The van der Waals surface area contributed by atoms with E-state index in [1.807, 2.05) is 6.20 Å². The molecule has 1 aromatic heterocycles. The molecule has 1 fully saturated rings. The third-order valence-electron chi connectivity index (χ3n) is 3.90. The van der Waals surface area contributed by atoms with E-state index in [1.165, 1.54) is 16.9 Å². The highest BCUT2D eigenvalue weighted by Gasteiger charge is 2.17. The Bertz CT molecular complexity index is 575. The molecule has 4 heteroatoms. The van der Waals surface area contributed by atoms with Crippen LogP contribution in [-0.2, 0) is 6.54 Å². The van der Waals surface area contributed by atoms with E-state index in [9.17, 15) is 0 Å². The van der Waals surface area contributed by atoms with Gasteiger partial charge in [-0.3, -0.25) is 4.90 Å². The van der Waals surface area contributed by atoms with Crippen molar-refractivity contribution in [1.29, 1.82) is 0 Å². The second kappa shape index (κ2) is 5.77. The zero-order chi connectivity index (χ0) is 13.9. The van der Waals surface area contributed by atoms with Crippen molar-refractivity contribution >= 4 is 0 Å². The van der Waals surface area contributed by atoms with E-state index in [0.29, 0.717) is 6.04 Å². The molecule has 0 saturated carbocycles. The highest BCUT2D eigenvalue weighted by molar-refractivity contribution is 5.40. The molecule has 0 bridgehead atoms. The Balaban J connectivity index is 1.82. The van der Waals surface area contributed by atoms with E-state index in [-0.39, 0.29) is 0 Å². The van der Waals surface area contributed by atoms with Gasteiger partial charge in [-0.25, -0.2) is 4.68 Å². The number of nitrogens with zero attached hydrogens (tertiary/aromatic N) is 3. The normalized spacial score (nSPS) is 20.2. The van der Waals surface area contributed by atoms with Crippen LogP contribution in [0.25, 0.3) is 5.69 Å². The molecule has 20 heavy (non-hydrogen) atoms. The molecule has 1 N–H and O–H groups in total. The number of piperazine rings is 1. The number of hydrogen-bond acceptors (Lipinski definition) is 3. The van der Waals surface area contributed by atoms with Gasteiger partial charge in [0.2, 0.25) is 0 Å². The predicted octanol–water partition coefficient (Wildman–Crippen LogP) is 1.97. The van der Waals surface area contributed by atoms with Gasteiger partial charge in [-0.1, -0.05) is 18.2 Å². The lowest BCUT2D eigenvalue weighted by molar-refractivity contribution is 0.196. The molecule has 1 aromatic carbocycles. The van der Waals surface area contributed by atoms with Gasteiger partial charge in [0.25, 0.3) is 0 Å². The number of aromatic nitrogens is 2. The second-order valence-corrected chi connectivity index (χ2v) is 5.61. The highest BCUT2D eigenvalue weighted by atomic mass is 15.3. The third kappa shape index (κ3) is 2.76. The van der Waals surface area contributed by atoms with Crippen molar-refractivity contribution in [3.8, 4) is 5.69 Å². The van der Waals surface area contributed by atoms with Crippen molar-refractivity contribution in [1.82, 2.24) is 20.0 Å². The topological polar surface area (TPSA) is 33.1 Å². The SMILES string of the molecule is Cc1ccccc1-n1nccc1CN1CCN[C@@H](C)C1. The van der Waals surface area contributed by atoms with Crippen LogP contribution < -0.4 is 5.32 Å². The summed E-state index contributed by atoms with van der Waals surface area (Å²) in [5, 5.41) is 7.99. The van der Waals surface area contributed by atoms with Crippen molar-refractivity contribution < 1.29 is 0 Å². The minimum Gasteiger partial charge on any atom is -0.312 e. The molecule has 0 amide bonds. The molecule has 0 unspecified atom stereocenters. The van der Waals surface area contributed by atoms with Crippen LogP contribution in [-0.4, -0.2) is 40.4 Å². The maximum absolute atomic E-state index is 4.51. The van der Waals surface area contributed by atoms with Crippen molar-refractivity contribution in [2.24, 2.45) is 0 Å². The van der Waals surface area contributed by atoms with E-state index in [4.69, 9.17) is 0 Å². The maximum atomic E-state index is 4.51. The molecule has 2 aromatic rings. The van der Waals surface area contributed by atoms with E-state index in [0.717, 1.165) is 26.2 Å². The Hall–Kier alpha value is -1.65. The summed E-state index contributed by atoms with van der Waals surface area (Å²) in [7, 11) is 0. The molecule has 2 heterocycles. The monoisotopic (exact) mass is 270 g/mol. The molecule has 1 aliphatic rings. The fourth-order valence-corrected chi connectivity index (χ4v) is 2.85. The molecule has 4 nitrogen and oxygen atoms in total. The molecular formula is C16H22N4. The maximum Gasteiger partial charge on any atom is 0.0678 e. The van der Waals surface area contributed by atoms with Gasteiger partial charge >= 0.3 is 0 Å². The summed E-state index contributed by atoms with van der Waals surface area (Å²) in [6.45, 7) is 8.60. The quantitative estimate of drug-likeness (QED) is 0.926. The van der Waals surface area contributed by atoms with Gasteiger partial charge in [0.05, 0.1) is 11.4 Å². The summed E-state index contributed by atoms with van der Waals surface area (Å²) >= 11 is 0. The van der Waals surface area contributed by atoms with Gasteiger partial charge in [-0.2, -0.15) is 5.10 Å². The first-order valence-corrected chi connectivity index (χ1v) is 7.28. The highest BCUT2D eigenvalue weighted by Crippen LogP contribution is 2.16. The summed E-state index contributed by atoms with van der Waals surface area (Å²) in [4.78, 5) is 2.49. The Morgan fingerprint density at radius 3 is 2.95 bits per heavy atom. The van der Waals surface area contributed by atoms with Gasteiger partial charge in [0.1, 0.15) is 0 Å². The minimum absolute atomic E-state index is 0.568. The van der Waals surface area contributed by atoms with Crippen molar-refractivity contribution in [2.45, 2.75) is 26.4 Å². The van der Waals surface area contributed by atoms with Crippen LogP contribution >= 0.6 is 0 Å². The van der Waals surface area contributed by atoms with Crippen molar-refractivity contribution in [3.05, 3.63) is 47.8 Å². The molecule has 1 aliphatic heterocycles. The van der Waals surface area contributed by atoms with Crippen LogP contribution in [0.2, 0.25) is 0 Å².